The highest BCUT2D eigenvalue weighted by Crippen LogP contribution is 2.21. The van der Waals surface area contributed by atoms with Crippen molar-refractivity contribution in [2.24, 2.45) is 4.99 Å². The second-order valence-electron chi connectivity index (χ2n) is 7.23. The summed E-state index contributed by atoms with van der Waals surface area (Å²) in [6.07, 6.45) is 1.34. The number of benzene rings is 1. The number of anilines is 1. The third-order valence-corrected chi connectivity index (χ3v) is 4.35. The van der Waals surface area contributed by atoms with E-state index in [4.69, 9.17) is 4.42 Å². The highest BCUT2D eigenvalue weighted by atomic mass is 127. The number of aliphatic hydroxyl groups is 1. The molecule has 1 aromatic heterocycles. The van der Waals surface area contributed by atoms with E-state index in [-0.39, 0.29) is 36.4 Å². The minimum absolute atomic E-state index is 0. The molecule has 7 nitrogen and oxygen atoms in total. The number of nitrogens with one attached hydrogen (secondary N) is 3. The Morgan fingerprint density at radius 2 is 1.83 bits per heavy atom. The van der Waals surface area contributed by atoms with Gasteiger partial charge in [-0.2, -0.15) is 0 Å². The number of hydrogen-bond acceptors (Lipinski definition) is 4. The fraction of sp³-hybridized carbons (Fsp3) is 0.455. The first kappa shape index (κ1) is 26.0. The van der Waals surface area contributed by atoms with E-state index < -0.39 is 5.60 Å². The highest BCUT2D eigenvalue weighted by Gasteiger charge is 2.27. The van der Waals surface area contributed by atoms with Crippen LogP contribution in [0.2, 0.25) is 0 Å². The zero-order valence-electron chi connectivity index (χ0n) is 18.1. The van der Waals surface area contributed by atoms with Gasteiger partial charge in [-0.1, -0.05) is 19.1 Å². The number of furan rings is 1. The quantitative estimate of drug-likeness (QED) is 0.225. The van der Waals surface area contributed by atoms with Gasteiger partial charge in [0, 0.05) is 18.7 Å². The van der Waals surface area contributed by atoms with Crippen LogP contribution in [0.3, 0.4) is 0 Å². The molecule has 1 unspecified atom stereocenters. The van der Waals surface area contributed by atoms with Crippen LogP contribution in [0.15, 0.2) is 45.8 Å². The predicted molar refractivity (Wildman–Crippen MR) is 131 cm³/mol. The molecule has 30 heavy (non-hydrogen) atoms. The Balaban J connectivity index is 0.00000450. The Labute approximate surface area is 195 Å². The van der Waals surface area contributed by atoms with Gasteiger partial charge >= 0.3 is 0 Å². The number of aryl methyl sites for hydroxylation is 1. The van der Waals surface area contributed by atoms with Crippen molar-refractivity contribution in [3.05, 3.63) is 53.5 Å². The lowest BCUT2D eigenvalue weighted by atomic mass is 10.0. The van der Waals surface area contributed by atoms with Crippen LogP contribution in [0, 0.1) is 6.92 Å². The van der Waals surface area contributed by atoms with E-state index in [1.165, 1.54) is 0 Å². The van der Waals surface area contributed by atoms with Crippen molar-refractivity contribution in [1.29, 1.82) is 0 Å². The topological polar surface area (TPSA) is 98.9 Å². The van der Waals surface area contributed by atoms with E-state index in [9.17, 15) is 9.90 Å². The number of carbonyl (C=O) groups excluding carboxylic acids is 1. The van der Waals surface area contributed by atoms with E-state index >= 15 is 0 Å². The summed E-state index contributed by atoms with van der Waals surface area (Å²) in [5, 5.41) is 19.9. The van der Waals surface area contributed by atoms with E-state index in [0.717, 1.165) is 23.4 Å². The smallest absolute Gasteiger partial charge is 0.224 e. The van der Waals surface area contributed by atoms with Crippen LogP contribution in [0.25, 0.3) is 0 Å². The van der Waals surface area contributed by atoms with Crippen LogP contribution in [0.4, 0.5) is 5.69 Å². The maximum absolute atomic E-state index is 11.7. The molecule has 0 saturated carbocycles. The van der Waals surface area contributed by atoms with Crippen molar-refractivity contribution in [2.75, 3.05) is 18.4 Å². The molecule has 0 aliphatic heterocycles. The molecule has 0 spiro atoms. The average Bonchev–Trinajstić information content (AvgIpc) is 3.13. The first-order valence-corrected chi connectivity index (χ1v) is 10.0. The average molecular weight is 528 g/mol. The molecule has 0 fully saturated rings. The Bertz CT molecular complexity index is 816. The first-order valence-electron chi connectivity index (χ1n) is 10.0. The molecule has 1 heterocycles. The number of amides is 1. The molecule has 2 aromatic rings. The van der Waals surface area contributed by atoms with Crippen molar-refractivity contribution < 1.29 is 14.3 Å². The van der Waals surface area contributed by atoms with Gasteiger partial charge in [-0.25, -0.2) is 4.99 Å². The van der Waals surface area contributed by atoms with Crippen molar-refractivity contribution in [3.63, 3.8) is 0 Å². The molecule has 0 bridgehead atoms. The summed E-state index contributed by atoms with van der Waals surface area (Å²) in [7, 11) is 0. The Hall–Kier alpha value is -2.07. The predicted octanol–water partition coefficient (Wildman–Crippen LogP) is 3.91. The van der Waals surface area contributed by atoms with Crippen LogP contribution in [0.1, 0.15) is 50.7 Å². The van der Waals surface area contributed by atoms with Gasteiger partial charge in [-0.15, -0.1) is 24.0 Å². The molecule has 0 saturated heterocycles. The number of guanidine groups is 1. The van der Waals surface area contributed by atoms with Gasteiger partial charge in [0.2, 0.25) is 5.91 Å². The molecule has 0 aliphatic rings. The lowest BCUT2D eigenvalue weighted by molar-refractivity contribution is -0.116. The zero-order chi connectivity index (χ0) is 21.3. The molecule has 0 radical (unpaired) electrons. The highest BCUT2D eigenvalue weighted by molar-refractivity contribution is 14.0. The minimum atomic E-state index is -1.15. The standard InChI is InChI=1S/C22H32N4O3.HI/c1-5-7-20(27)26-18-11-9-17(10-12-18)14-24-21(23-6-2)25-15-22(4,28)19-13-8-16(3)29-19;/h8-13,28H,5-7,14-15H2,1-4H3,(H,26,27)(H2,23,24,25);1H. The van der Waals surface area contributed by atoms with Crippen LogP contribution in [-0.2, 0) is 16.9 Å². The summed E-state index contributed by atoms with van der Waals surface area (Å²) in [5.41, 5.74) is 0.651. The van der Waals surface area contributed by atoms with Crippen molar-refractivity contribution >= 4 is 41.5 Å². The summed E-state index contributed by atoms with van der Waals surface area (Å²) in [5.74, 6) is 1.90. The molecule has 1 aromatic carbocycles. The fourth-order valence-corrected chi connectivity index (χ4v) is 2.72. The van der Waals surface area contributed by atoms with Gasteiger partial charge in [-0.3, -0.25) is 4.79 Å². The number of nitrogens with zero attached hydrogens (tertiary/aromatic N) is 1. The van der Waals surface area contributed by atoms with Crippen molar-refractivity contribution in [2.45, 2.75) is 52.7 Å². The molecule has 2 rings (SSSR count). The lowest BCUT2D eigenvalue weighted by Crippen LogP contribution is -2.44. The number of rotatable bonds is 9. The van der Waals surface area contributed by atoms with E-state index in [1.54, 1.807) is 13.0 Å². The van der Waals surface area contributed by atoms with Gasteiger partial charge < -0.3 is 25.5 Å². The first-order chi connectivity index (χ1) is 13.8. The van der Waals surface area contributed by atoms with Gasteiger partial charge in [-0.05, 0) is 57.0 Å². The SMILES string of the molecule is CCCC(=O)Nc1ccc(CN=C(NCC)NCC(C)(O)c2ccc(C)o2)cc1.I. The lowest BCUT2D eigenvalue weighted by Gasteiger charge is -2.22. The summed E-state index contributed by atoms with van der Waals surface area (Å²) >= 11 is 0. The summed E-state index contributed by atoms with van der Waals surface area (Å²) in [4.78, 5) is 16.2. The third-order valence-electron chi connectivity index (χ3n) is 4.35. The molecule has 1 atom stereocenters. The zero-order valence-corrected chi connectivity index (χ0v) is 20.4. The van der Waals surface area contributed by atoms with Crippen LogP contribution < -0.4 is 16.0 Å². The van der Waals surface area contributed by atoms with Crippen LogP contribution >= 0.6 is 24.0 Å². The summed E-state index contributed by atoms with van der Waals surface area (Å²) in [6, 6.07) is 11.2. The molecule has 8 heteroatoms. The normalized spacial score (nSPS) is 13.2. The molecular formula is C22H33IN4O3. The monoisotopic (exact) mass is 528 g/mol. The van der Waals surface area contributed by atoms with Crippen molar-refractivity contribution in [3.8, 4) is 0 Å². The van der Waals surface area contributed by atoms with Crippen molar-refractivity contribution in [1.82, 2.24) is 10.6 Å². The van der Waals surface area contributed by atoms with Gasteiger partial charge in [0.1, 0.15) is 17.1 Å². The largest absolute Gasteiger partial charge is 0.463 e. The third kappa shape index (κ3) is 8.35. The minimum Gasteiger partial charge on any atom is -0.463 e. The molecule has 1 amide bonds. The molecule has 4 N–H and O–H groups in total. The Kier molecular flexibility index (Phi) is 10.9. The maximum Gasteiger partial charge on any atom is 0.224 e. The van der Waals surface area contributed by atoms with Gasteiger partial charge in [0.15, 0.2) is 5.96 Å². The summed E-state index contributed by atoms with van der Waals surface area (Å²) < 4.78 is 5.54. The van der Waals surface area contributed by atoms with Gasteiger partial charge in [0.25, 0.3) is 0 Å². The molecular weight excluding hydrogens is 495 g/mol. The number of carbonyl (C=O) groups is 1. The second kappa shape index (κ2) is 12.6. The van der Waals surface area contributed by atoms with E-state index in [1.807, 2.05) is 51.1 Å². The number of halogens is 1. The second-order valence-corrected chi connectivity index (χ2v) is 7.23. The molecule has 0 aliphatic carbocycles. The number of aliphatic imine (C=N–C) groups is 1. The van der Waals surface area contributed by atoms with E-state index in [0.29, 0.717) is 31.2 Å². The van der Waals surface area contributed by atoms with Gasteiger partial charge in [0.05, 0.1) is 13.1 Å². The number of hydrogen-bond donors (Lipinski definition) is 4. The summed E-state index contributed by atoms with van der Waals surface area (Å²) in [6.45, 7) is 8.95. The Morgan fingerprint density at radius 1 is 1.13 bits per heavy atom. The van der Waals surface area contributed by atoms with Crippen LogP contribution in [0.5, 0.6) is 0 Å². The van der Waals surface area contributed by atoms with Crippen LogP contribution in [-0.4, -0.2) is 30.1 Å². The molecule has 166 valence electrons. The maximum atomic E-state index is 11.7. The Morgan fingerprint density at radius 3 is 2.40 bits per heavy atom. The van der Waals surface area contributed by atoms with E-state index in [2.05, 4.69) is 20.9 Å². The fourth-order valence-electron chi connectivity index (χ4n) is 2.72.